The normalized spacial score (nSPS) is 16.1. The maximum Gasteiger partial charge on any atom is 0.241 e. The fraction of sp³-hybridized carbons (Fsp3) is 0.409. The van der Waals surface area contributed by atoms with Crippen molar-refractivity contribution in [2.75, 3.05) is 43.4 Å². The van der Waals surface area contributed by atoms with Gasteiger partial charge in [0.2, 0.25) is 11.8 Å². The summed E-state index contributed by atoms with van der Waals surface area (Å²) in [4.78, 5) is 33.3. The van der Waals surface area contributed by atoms with Crippen LogP contribution in [0.25, 0.3) is 0 Å². The molecule has 160 valence electrons. The number of aromatic nitrogens is 1. The van der Waals surface area contributed by atoms with Crippen LogP contribution in [0.1, 0.15) is 18.1 Å². The van der Waals surface area contributed by atoms with Crippen molar-refractivity contribution in [1.29, 1.82) is 0 Å². The zero-order valence-corrected chi connectivity index (χ0v) is 18.4. The topological polar surface area (TPSA) is 77.6 Å². The molecule has 0 aliphatic carbocycles. The summed E-state index contributed by atoms with van der Waals surface area (Å²) in [6.07, 6.45) is 1.58. The average molecular weight is 430 g/mol. The summed E-state index contributed by atoms with van der Waals surface area (Å²) < 4.78 is 0. The van der Waals surface area contributed by atoms with E-state index in [1.54, 1.807) is 18.3 Å². The first-order valence-electron chi connectivity index (χ1n) is 10.1. The molecule has 7 nitrogen and oxygen atoms in total. The number of amides is 2. The quantitative estimate of drug-likeness (QED) is 0.690. The Morgan fingerprint density at radius 3 is 2.37 bits per heavy atom. The number of carbonyl (C=O) groups excluding carboxylic acids is 2. The van der Waals surface area contributed by atoms with Crippen LogP contribution in [-0.4, -0.2) is 65.4 Å². The van der Waals surface area contributed by atoms with Gasteiger partial charge in [-0.3, -0.25) is 19.4 Å². The third-order valence-corrected chi connectivity index (χ3v) is 5.76. The van der Waals surface area contributed by atoms with Crippen LogP contribution >= 0.6 is 11.6 Å². The van der Waals surface area contributed by atoms with Gasteiger partial charge in [0, 0.05) is 38.1 Å². The van der Waals surface area contributed by atoms with Crippen LogP contribution < -0.4 is 10.6 Å². The Balaban J connectivity index is 1.47. The van der Waals surface area contributed by atoms with Gasteiger partial charge in [-0.1, -0.05) is 29.8 Å². The van der Waals surface area contributed by atoms with E-state index < -0.39 is 0 Å². The molecule has 8 heteroatoms. The zero-order chi connectivity index (χ0) is 21.7. The molecule has 1 aromatic carbocycles. The molecule has 1 aromatic heterocycles. The third-order valence-electron chi connectivity index (χ3n) is 5.46. The van der Waals surface area contributed by atoms with Gasteiger partial charge in [-0.25, -0.2) is 4.98 Å². The Hall–Kier alpha value is -2.48. The standard InChI is InChI=1S/C22H28ClN5O2/c1-15-6-4-7-16(2)20(15)26-19(29)14-27-10-12-28(13-11-27)17(3)22(30)25-18-8-5-9-24-21(18)23/h4-9,17H,10-14H2,1-3H3,(H,25,30)(H,26,29). The highest BCUT2D eigenvalue weighted by Crippen LogP contribution is 2.20. The number of nitrogens with zero attached hydrogens (tertiary/aromatic N) is 3. The van der Waals surface area contributed by atoms with E-state index in [-0.39, 0.29) is 23.0 Å². The molecule has 2 N–H and O–H groups in total. The van der Waals surface area contributed by atoms with Crippen molar-refractivity contribution >= 4 is 34.8 Å². The van der Waals surface area contributed by atoms with Crippen LogP contribution in [-0.2, 0) is 9.59 Å². The molecule has 30 heavy (non-hydrogen) atoms. The minimum atomic E-state index is -0.299. The lowest BCUT2D eigenvalue weighted by molar-refractivity contribution is -0.122. The molecular weight excluding hydrogens is 402 g/mol. The van der Waals surface area contributed by atoms with Crippen molar-refractivity contribution in [3.8, 4) is 0 Å². The first-order chi connectivity index (χ1) is 14.3. The van der Waals surface area contributed by atoms with E-state index in [1.165, 1.54) is 0 Å². The molecule has 1 fully saturated rings. The summed E-state index contributed by atoms with van der Waals surface area (Å²) in [5.41, 5.74) is 3.52. The number of nitrogens with one attached hydrogen (secondary N) is 2. The highest BCUT2D eigenvalue weighted by atomic mass is 35.5. The van der Waals surface area contributed by atoms with Crippen molar-refractivity contribution in [1.82, 2.24) is 14.8 Å². The average Bonchev–Trinajstić information content (AvgIpc) is 2.72. The molecule has 1 atom stereocenters. The molecule has 0 saturated carbocycles. The van der Waals surface area contributed by atoms with Crippen LogP contribution in [0, 0.1) is 13.8 Å². The summed E-state index contributed by atoms with van der Waals surface area (Å²) in [6, 6.07) is 9.13. The van der Waals surface area contributed by atoms with Crippen molar-refractivity contribution in [3.05, 3.63) is 52.8 Å². The Labute approximate surface area is 182 Å². The van der Waals surface area contributed by atoms with Gasteiger partial charge in [0.25, 0.3) is 0 Å². The van der Waals surface area contributed by atoms with Crippen molar-refractivity contribution in [2.24, 2.45) is 0 Å². The van der Waals surface area contributed by atoms with Gasteiger partial charge >= 0.3 is 0 Å². The second kappa shape index (κ2) is 10.0. The summed E-state index contributed by atoms with van der Waals surface area (Å²) in [6.45, 7) is 9.09. The van der Waals surface area contributed by atoms with Gasteiger partial charge in [-0.05, 0) is 44.0 Å². The number of rotatable bonds is 6. The molecule has 0 bridgehead atoms. The molecule has 1 aliphatic heterocycles. The Bertz CT molecular complexity index is 892. The van der Waals surface area contributed by atoms with Crippen molar-refractivity contribution < 1.29 is 9.59 Å². The summed E-state index contributed by atoms with van der Waals surface area (Å²) in [5.74, 6) is -0.135. The second-order valence-electron chi connectivity index (χ2n) is 7.63. The number of anilines is 2. The number of carbonyl (C=O) groups is 2. The summed E-state index contributed by atoms with van der Waals surface area (Å²) >= 11 is 6.02. The largest absolute Gasteiger partial charge is 0.324 e. The van der Waals surface area contributed by atoms with Crippen molar-refractivity contribution in [3.63, 3.8) is 0 Å². The van der Waals surface area contributed by atoms with E-state index in [4.69, 9.17) is 11.6 Å². The van der Waals surface area contributed by atoms with Gasteiger partial charge in [-0.15, -0.1) is 0 Å². The molecule has 2 amide bonds. The zero-order valence-electron chi connectivity index (χ0n) is 17.6. The summed E-state index contributed by atoms with van der Waals surface area (Å²) in [5, 5.41) is 6.15. The molecule has 0 spiro atoms. The van der Waals surface area contributed by atoms with E-state index >= 15 is 0 Å². The van der Waals surface area contributed by atoms with Crippen LogP contribution in [0.5, 0.6) is 0 Å². The highest BCUT2D eigenvalue weighted by molar-refractivity contribution is 6.32. The molecule has 2 aromatic rings. The number of para-hydroxylation sites is 1. The first kappa shape index (κ1) is 22.2. The van der Waals surface area contributed by atoms with Crippen LogP contribution in [0.3, 0.4) is 0 Å². The number of pyridine rings is 1. The number of hydrogen-bond donors (Lipinski definition) is 2. The molecule has 0 radical (unpaired) electrons. The van der Waals surface area contributed by atoms with Gasteiger partial charge in [0.05, 0.1) is 18.3 Å². The smallest absolute Gasteiger partial charge is 0.241 e. The lowest BCUT2D eigenvalue weighted by Gasteiger charge is -2.37. The lowest BCUT2D eigenvalue weighted by atomic mass is 10.1. The summed E-state index contributed by atoms with van der Waals surface area (Å²) in [7, 11) is 0. The fourth-order valence-electron chi connectivity index (χ4n) is 3.58. The van der Waals surface area contributed by atoms with E-state index in [2.05, 4.69) is 25.4 Å². The number of piperazine rings is 1. The maximum atomic E-state index is 12.6. The van der Waals surface area contributed by atoms with Gasteiger partial charge in [-0.2, -0.15) is 0 Å². The Morgan fingerprint density at radius 1 is 1.07 bits per heavy atom. The monoisotopic (exact) mass is 429 g/mol. The SMILES string of the molecule is Cc1cccc(C)c1NC(=O)CN1CCN(C(C)C(=O)Nc2cccnc2Cl)CC1. The first-order valence-corrected chi connectivity index (χ1v) is 10.5. The Kier molecular flexibility index (Phi) is 7.42. The number of hydrogen-bond acceptors (Lipinski definition) is 5. The molecular formula is C22H28ClN5O2. The van der Waals surface area contributed by atoms with Crippen LogP contribution in [0.15, 0.2) is 36.5 Å². The van der Waals surface area contributed by atoms with Crippen molar-refractivity contribution in [2.45, 2.75) is 26.8 Å². The van der Waals surface area contributed by atoms with E-state index in [0.29, 0.717) is 25.3 Å². The van der Waals surface area contributed by atoms with E-state index in [9.17, 15) is 9.59 Å². The molecule has 3 rings (SSSR count). The Morgan fingerprint density at radius 2 is 1.73 bits per heavy atom. The fourth-order valence-corrected chi connectivity index (χ4v) is 3.75. The number of aryl methyl sites for hydroxylation is 2. The minimum Gasteiger partial charge on any atom is -0.324 e. The van der Waals surface area contributed by atoms with E-state index in [0.717, 1.165) is 29.9 Å². The van der Waals surface area contributed by atoms with Gasteiger partial charge < -0.3 is 10.6 Å². The molecule has 2 heterocycles. The predicted molar refractivity (Wildman–Crippen MR) is 120 cm³/mol. The second-order valence-corrected chi connectivity index (χ2v) is 7.99. The minimum absolute atomic E-state index is 0.0159. The van der Waals surface area contributed by atoms with Gasteiger partial charge in [0.15, 0.2) is 5.15 Å². The van der Waals surface area contributed by atoms with E-state index in [1.807, 2.05) is 39.0 Å². The van der Waals surface area contributed by atoms with Gasteiger partial charge in [0.1, 0.15) is 0 Å². The van der Waals surface area contributed by atoms with Crippen LogP contribution in [0.4, 0.5) is 11.4 Å². The van der Waals surface area contributed by atoms with Crippen LogP contribution in [0.2, 0.25) is 5.15 Å². The molecule has 1 aliphatic rings. The number of benzene rings is 1. The third kappa shape index (κ3) is 5.56. The number of halogens is 1. The molecule has 1 saturated heterocycles. The highest BCUT2D eigenvalue weighted by Gasteiger charge is 2.26. The maximum absolute atomic E-state index is 12.6. The molecule has 1 unspecified atom stereocenters. The predicted octanol–water partition coefficient (Wildman–Crippen LogP) is 2.94. The lowest BCUT2D eigenvalue weighted by Crippen LogP contribution is -2.53.